The summed E-state index contributed by atoms with van der Waals surface area (Å²) in [6.45, 7) is 0. The number of hydrogen-bond donors (Lipinski definition) is 3. The van der Waals surface area contributed by atoms with Gasteiger partial charge in [0, 0.05) is 35.2 Å². The van der Waals surface area contributed by atoms with Gasteiger partial charge in [0.15, 0.2) is 11.6 Å². The van der Waals surface area contributed by atoms with E-state index in [2.05, 4.69) is 19.9 Å². The second kappa shape index (κ2) is 6.99. The molecule has 0 radical (unpaired) electrons. The van der Waals surface area contributed by atoms with Crippen LogP contribution in [0.5, 0.6) is 5.75 Å². The number of ether oxygens (including phenoxy) is 1. The van der Waals surface area contributed by atoms with Crippen molar-refractivity contribution in [2.24, 2.45) is 0 Å². The zero-order valence-corrected chi connectivity index (χ0v) is 14.9. The third-order valence-corrected chi connectivity index (χ3v) is 4.26. The summed E-state index contributed by atoms with van der Waals surface area (Å²) >= 11 is 0. The summed E-state index contributed by atoms with van der Waals surface area (Å²) in [5.74, 6) is 0.873. The van der Waals surface area contributed by atoms with Gasteiger partial charge >= 0.3 is 0 Å². The smallest absolute Gasteiger partial charge is 0.248 e. The number of imidazole rings is 1. The highest BCUT2D eigenvalue weighted by molar-refractivity contribution is 5.81. The Bertz CT molecular complexity index is 1200. The molecule has 0 amide bonds. The average Bonchev–Trinajstić information content (AvgIpc) is 3.14. The summed E-state index contributed by atoms with van der Waals surface area (Å²) in [6, 6.07) is 10.9. The summed E-state index contributed by atoms with van der Waals surface area (Å²) in [6.07, 6.45) is 3.14. The van der Waals surface area contributed by atoms with Crippen molar-refractivity contribution in [3.63, 3.8) is 0 Å². The van der Waals surface area contributed by atoms with E-state index in [9.17, 15) is 9.18 Å². The van der Waals surface area contributed by atoms with E-state index in [0.29, 0.717) is 39.7 Å². The van der Waals surface area contributed by atoms with E-state index < -0.39 is 0 Å². The van der Waals surface area contributed by atoms with Crippen molar-refractivity contribution in [1.29, 1.82) is 0 Å². The number of anilines is 1. The molecule has 140 valence electrons. The largest absolute Gasteiger partial charge is 0.493 e. The molecule has 0 fully saturated rings. The first-order valence-electron chi connectivity index (χ1n) is 8.40. The summed E-state index contributed by atoms with van der Waals surface area (Å²) in [4.78, 5) is 26.4. The van der Waals surface area contributed by atoms with Crippen LogP contribution in [0.4, 0.5) is 10.2 Å². The summed E-state index contributed by atoms with van der Waals surface area (Å²) < 4.78 is 18.5. The molecule has 3 heterocycles. The Morgan fingerprint density at radius 2 is 1.86 bits per heavy atom. The zero-order chi connectivity index (χ0) is 19.7. The standard InChI is InChI=1S/C20H16FN5O2/c1-28-15-8-13(10-24-19(15)22)18-17(12-6-7-23-16(27)9-12)25-20(26-18)11-2-4-14(21)5-3-11/h2-10H,1H3,(H2,22,24)(H,23,27)(H,25,26). The van der Waals surface area contributed by atoms with Crippen LogP contribution in [0, 0.1) is 5.82 Å². The minimum Gasteiger partial charge on any atom is -0.493 e. The van der Waals surface area contributed by atoms with Crippen LogP contribution in [0.1, 0.15) is 0 Å². The Hall–Kier alpha value is -3.94. The van der Waals surface area contributed by atoms with Crippen molar-refractivity contribution in [1.82, 2.24) is 19.9 Å². The third-order valence-electron chi connectivity index (χ3n) is 4.26. The normalized spacial score (nSPS) is 10.8. The molecule has 0 aliphatic carbocycles. The second-order valence-corrected chi connectivity index (χ2v) is 6.07. The molecule has 0 aliphatic heterocycles. The third kappa shape index (κ3) is 3.23. The van der Waals surface area contributed by atoms with E-state index in [1.54, 1.807) is 36.7 Å². The van der Waals surface area contributed by atoms with Gasteiger partial charge in [-0.25, -0.2) is 14.4 Å². The Labute approximate surface area is 159 Å². The number of nitrogens with one attached hydrogen (secondary N) is 2. The number of hydrogen-bond acceptors (Lipinski definition) is 5. The number of nitrogen functional groups attached to an aromatic ring is 1. The summed E-state index contributed by atoms with van der Waals surface area (Å²) in [7, 11) is 1.50. The molecule has 0 atom stereocenters. The predicted octanol–water partition coefficient (Wildman–Crippen LogP) is 3.22. The molecule has 4 rings (SSSR count). The number of aromatic amines is 2. The lowest BCUT2D eigenvalue weighted by Gasteiger charge is -2.07. The van der Waals surface area contributed by atoms with E-state index in [4.69, 9.17) is 10.5 Å². The Morgan fingerprint density at radius 3 is 2.57 bits per heavy atom. The Morgan fingerprint density at radius 1 is 1.07 bits per heavy atom. The average molecular weight is 377 g/mol. The molecule has 4 N–H and O–H groups in total. The summed E-state index contributed by atoms with van der Waals surface area (Å²) in [5, 5.41) is 0. The first-order valence-corrected chi connectivity index (χ1v) is 8.40. The Balaban J connectivity index is 1.93. The fourth-order valence-corrected chi connectivity index (χ4v) is 2.88. The second-order valence-electron chi connectivity index (χ2n) is 6.07. The molecule has 0 aliphatic rings. The number of halogens is 1. The highest BCUT2D eigenvalue weighted by atomic mass is 19.1. The minimum atomic E-state index is -0.335. The zero-order valence-electron chi connectivity index (χ0n) is 14.9. The molecular weight excluding hydrogens is 361 g/mol. The van der Waals surface area contributed by atoms with Gasteiger partial charge in [-0.2, -0.15) is 0 Å². The molecule has 0 saturated heterocycles. The molecule has 8 heteroatoms. The fraction of sp³-hybridized carbons (Fsp3) is 0.0500. The Kier molecular flexibility index (Phi) is 4.36. The molecule has 0 spiro atoms. The number of H-pyrrole nitrogens is 2. The number of nitrogens with two attached hydrogens (primary N) is 1. The van der Waals surface area contributed by atoms with E-state index in [0.717, 1.165) is 0 Å². The maximum absolute atomic E-state index is 13.3. The van der Waals surface area contributed by atoms with Gasteiger partial charge in [-0.05, 0) is 36.4 Å². The van der Waals surface area contributed by atoms with E-state index in [1.165, 1.54) is 25.3 Å². The molecule has 0 bridgehead atoms. The van der Waals surface area contributed by atoms with Crippen LogP contribution in [0.25, 0.3) is 33.9 Å². The van der Waals surface area contributed by atoms with E-state index >= 15 is 0 Å². The SMILES string of the molecule is COc1cc(-c2nc(-c3ccc(F)cc3)[nH]c2-c2cc[nH]c(=O)c2)cnc1N. The fourth-order valence-electron chi connectivity index (χ4n) is 2.88. The monoisotopic (exact) mass is 377 g/mol. The maximum Gasteiger partial charge on any atom is 0.248 e. The highest BCUT2D eigenvalue weighted by Gasteiger charge is 2.17. The van der Waals surface area contributed by atoms with Gasteiger partial charge in [-0.1, -0.05) is 0 Å². The molecule has 1 aromatic carbocycles. The lowest BCUT2D eigenvalue weighted by Crippen LogP contribution is -2.02. The first-order chi connectivity index (χ1) is 13.5. The van der Waals surface area contributed by atoms with Crippen molar-refractivity contribution in [3.05, 3.63) is 71.0 Å². The van der Waals surface area contributed by atoms with Crippen LogP contribution in [0.15, 0.2) is 59.7 Å². The van der Waals surface area contributed by atoms with E-state index in [1.807, 2.05) is 0 Å². The molecule has 28 heavy (non-hydrogen) atoms. The van der Waals surface area contributed by atoms with Gasteiger partial charge in [0.2, 0.25) is 5.56 Å². The predicted molar refractivity (Wildman–Crippen MR) is 104 cm³/mol. The van der Waals surface area contributed by atoms with Crippen LogP contribution in [-0.4, -0.2) is 27.0 Å². The molecule has 4 aromatic rings. The number of methoxy groups -OCH3 is 1. The van der Waals surface area contributed by atoms with Gasteiger partial charge in [0.05, 0.1) is 18.5 Å². The van der Waals surface area contributed by atoms with Crippen LogP contribution in [-0.2, 0) is 0 Å². The first kappa shape index (κ1) is 17.5. The molecule has 7 nitrogen and oxygen atoms in total. The van der Waals surface area contributed by atoms with Crippen molar-refractivity contribution in [2.45, 2.75) is 0 Å². The van der Waals surface area contributed by atoms with Crippen molar-refractivity contribution >= 4 is 5.82 Å². The number of benzene rings is 1. The van der Waals surface area contributed by atoms with E-state index in [-0.39, 0.29) is 17.2 Å². The highest BCUT2D eigenvalue weighted by Crippen LogP contribution is 2.34. The van der Waals surface area contributed by atoms with Crippen LogP contribution in [0.3, 0.4) is 0 Å². The van der Waals surface area contributed by atoms with Gasteiger partial charge in [0.25, 0.3) is 0 Å². The summed E-state index contributed by atoms with van der Waals surface area (Å²) in [5.41, 5.74) is 8.77. The van der Waals surface area contributed by atoms with Gasteiger partial charge in [0.1, 0.15) is 11.6 Å². The van der Waals surface area contributed by atoms with Gasteiger partial charge in [-0.15, -0.1) is 0 Å². The molecule has 0 unspecified atom stereocenters. The van der Waals surface area contributed by atoms with Gasteiger partial charge in [-0.3, -0.25) is 4.79 Å². The molecule has 3 aromatic heterocycles. The number of pyridine rings is 2. The number of nitrogens with zero attached hydrogens (tertiary/aromatic N) is 2. The topological polar surface area (TPSA) is 110 Å². The lowest BCUT2D eigenvalue weighted by molar-refractivity contribution is 0.415. The lowest BCUT2D eigenvalue weighted by atomic mass is 10.1. The maximum atomic E-state index is 13.3. The van der Waals surface area contributed by atoms with Crippen LogP contribution in [0.2, 0.25) is 0 Å². The van der Waals surface area contributed by atoms with Crippen molar-refractivity contribution in [2.75, 3.05) is 12.8 Å². The van der Waals surface area contributed by atoms with Crippen LogP contribution < -0.4 is 16.0 Å². The number of rotatable bonds is 4. The van der Waals surface area contributed by atoms with Crippen LogP contribution >= 0.6 is 0 Å². The quantitative estimate of drug-likeness (QED) is 0.506. The molecular formula is C20H16FN5O2. The van der Waals surface area contributed by atoms with Crippen molar-refractivity contribution in [3.8, 4) is 39.7 Å². The molecule has 0 saturated carbocycles. The van der Waals surface area contributed by atoms with Crippen molar-refractivity contribution < 1.29 is 9.13 Å². The minimum absolute atomic E-state index is 0.241. The number of aromatic nitrogens is 4. The van der Waals surface area contributed by atoms with Gasteiger partial charge < -0.3 is 20.4 Å².